The van der Waals surface area contributed by atoms with Crippen LogP contribution in [0.1, 0.15) is 29.3 Å². The van der Waals surface area contributed by atoms with E-state index >= 15 is 0 Å². The molecule has 1 aromatic carbocycles. The molecule has 1 heterocycles. The minimum Gasteiger partial charge on any atom is -0.362 e. The van der Waals surface area contributed by atoms with E-state index in [-0.39, 0.29) is 16.3 Å². The van der Waals surface area contributed by atoms with E-state index in [2.05, 4.69) is 9.84 Å². The maximum atomic E-state index is 13.9. The third kappa shape index (κ3) is 3.39. The van der Waals surface area contributed by atoms with Crippen LogP contribution in [-0.2, 0) is 4.74 Å². The fraction of sp³-hybridized carbons (Fsp3) is 0.429. The molecule has 1 aromatic rings. The van der Waals surface area contributed by atoms with Gasteiger partial charge < -0.3 is 5.11 Å². The number of ether oxygens (including phenoxy) is 1. The van der Waals surface area contributed by atoms with Gasteiger partial charge in [0.25, 0.3) is 11.6 Å². The minimum absolute atomic E-state index is 0.0666. The normalized spacial score (nSPS) is 21.8. The molecule has 1 amide bonds. The zero-order valence-corrected chi connectivity index (χ0v) is 12.6. The molecule has 0 unspecified atom stereocenters. The number of benzene rings is 1. The first-order chi connectivity index (χ1) is 10.9. The summed E-state index contributed by atoms with van der Waals surface area (Å²) in [6.07, 6.45) is -11.8. The van der Waals surface area contributed by atoms with Gasteiger partial charge in [-0.3, -0.25) is 4.79 Å². The molecule has 0 spiro atoms. The quantitative estimate of drug-likeness (QED) is 0.851. The molecule has 0 aliphatic carbocycles. The summed E-state index contributed by atoms with van der Waals surface area (Å²) in [5.41, 5.74) is -3.24. The molecule has 0 saturated carbocycles. The number of aryl methyl sites for hydroxylation is 1. The summed E-state index contributed by atoms with van der Waals surface area (Å²) in [5, 5.41) is 13.5. The fourth-order valence-corrected chi connectivity index (χ4v) is 2.29. The Balaban J connectivity index is 2.41. The van der Waals surface area contributed by atoms with Crippen LogP contribution in [0.5, 0.6) is 0 Å². The third-order valence-electron chi connectivity index (χ3n) is 3.29. The van der Waals surface area contributed by atoms with Crippen LogP contribution in [0.3, 0.4) is 0 Å². The standard InChI is InChI=1S/C14H13F5N2O3/c1-8-4-3-5-10(6-8)11(22)21-12(23,7-9(2)20-21)13(15,16)24-14(17,18)19/h3-6,23H,7H2,1-2H3/t12-/m1/s1. The number of hydrogen-bond acceptors (Lipinski definition) is 4. The molecule has 1 N–H and O–H groups in total. The van der Waals surface area contributed by atoms with Crippen molar-refractivity contribution in [3.8, 4) is 0 Å². The van der Waals surface area contributed by atoms with Crippen LogP contribution in [0.2, 0.25) is 0 Å². The van der Waals surface area contributed by atoms with Crippen LogP contribution in [-0.4, -0.2) is 39.9 Å². The zero-order valence-electron chi connectivity index (χ0n) is 12.6. The molecule has 5 nitrogen and oxygen atoms in total. The molecule has 0 saturated heterocycles. The van der Waals surface area contributed by atoms with Gasteiger partial charge in [-0.25, -0.2) is 4.74 Å². The van der Waals surface area contributed by atoms with Crippen LogP contribution >= 0.6 is 0 Å². The molecule has 1 atom stereocenters. The molecular weight excluding hydrogens is 339 g/mol. The molecule has 2 rings (SSSR count). The van der Waals surface area contributed by atoms with Crippen LogP contribution in [0.15, 0.2) is 29.4 Å². The summed E-state index contributed by atoms with van der Waals surface area (Å²) in [4.78, 5) is 12.4. The van der Waals surface area contributed by atoms with Crippen LogP contribution in [0.25, 0.3) is 0 Å². The van der Waals surface area contributed by atoms with Gasteiger partial charge >= 0.3 is 12.5 Å². The first kappa shape index (κ1) is 18.3. The van der Waals surface area contributed by atoms with Crippen LogP contribution in [0, 0.1) is 6.92 Å². The molecule has 1 aliphatic rings. The van der Waals surface area contributed by atoms with Gasteiger partial charge in [-0.15, -0.1) is 13.2 Å². The summed E-state index contributed by atoms with van der Waals surface area (Å²) < 4.78 is 67.3. The minimum atomic E-state index is -5.71. The largest absolute Gasteiger partial charge is 0.527 e. The van der Waals surface area contributed by atoms with E-state index < -0.39 is 30.5 Å². The van der Waals surface area contributed by atoms with Gasteiger partial charge in [-0.1, -0.05) is 17.7 Å². The summed E-state index contributed by atoms with van der Waals surface area (Å²) in [6.45, 7) is 2.82. The van der Waals surface area contributed by atoms with Gasteiger partial charge in [0.2, 0.25) is 0 Å². The van der Waals surface area contributed by atoms with Gasteiger partial charge in [0.1, 0.15) is 0 Å². The molecule has 10 heteroatoms. The number of aliphatic hydroxyl groups is 1. The van der Waals surface area contributed by atoms with Crippen molar-refractivity contribution in [3.05, 3.63) is 35.4 Å². The van der Waals surface area contributed by atoms with E-state index in [1.165, 1.54) is 25.1 Å². The molecule has 1 aliphatic heterocycles. The molecule has 24 heavy (non-hydrogen) atoms. The van der Waals surface area contributed by atoms with Crippen molar-refractivity contribution in [3.63, 3.8) is 0 Å². The number of carbonyl (C=O) groups excluding carboxylic acids is 1. The van der Waals surface area contributed by atoms with Gasteiger partial charge in [0.05, 0.1) is 0 Å². The van der Waals surface area contributed by atoms with Crippen LogP contribution in [0.4, 0.5) is 22.0 Å². The highest BCUT2D eigenvalue weighted by molar-refractivity contribution is 5.98. The molecular formula is C14H13F5N2O3. The van der Waals surface area contributed by atoms with Gasteiger partial charge in [-0.2, -0.15) is 18.9 Å². The monoisotopic (exact) mass is 352 g/mol. The smallest absolute Gasteiger partial charge is 0.362 e. The number of hydrazone groups is 1. The Kier molecular flexibility index (Phi) is 4.40. The van der Waals surface area contributed by atoms with E-state index in [4.69, 9.17) is 0 Å². The zero-order chi connectivity index (χ0) is 18.3. The first-order valence-corrected chi connectivity index (χ1v) is 6.68. The predicted octanol–water partition coefficient (Wildman–Crippen LogP) is 3.03. The van der Waals surface area contributed by atoms with Gasteiger partial charge in [-0.05, 0) is 26.0 Å². The lowest BCUT2D eigenvalue weighted by Gasteiger charge is -2.36. The van der Waals surface area contributed by atoms with Crippen molar-refractivity contribution < 1.29 is 36.6 Å². The number of rotatable bonds is 3. The Bertz CT molecular complexity index is 689. The van der Waals surface area contributed by atoms with E-state index in [0.29, 0.717) is 5.56 Å². The Morgan fingerprint density at radius 1 is 1.29 bits per heavy atom. The molecule has 0 radical (unpaired) electrons. The number of hydrogen-bond donors (Lipinski definition) is 1. The maximum absolute atomic E-state index is 13.9. The van der Waals surface area contributed by atoms with E-state index in [1.54, 1.807) is 13.0 Å². The topological polar surface area (TPSA) is 62.1 Å². The highest BCUT2D eigenvalue weighted by Crippen LogP contribution is 2.43. The number of nitrogens with zero attached hydrogens (tertiary/aromatic N) is 2. The Morgan fingerprint density at radius 2 is 1.92 bits per heavy atom. The van der Waals surface area contributed by atoms with Crippen molar-refractivity contribution in [1.82, 2.24) is 5.01 Å². The Hall–Kier alpha value is -2.07. The maximum Gasteiger partial charge on any atom is 0.527 e. The van der Waals surface area contributed by atoms with Crippen molar-refractivity contribution >= 4 is 11.6 Å². The highest BCUT2D eigenvalue weighted by atomic mass is 19.4. The summed E-state index contributed by atoms with van der Waals surface area (Å²) in [7, 11) is 0. The van der Waals surface area contributed by atoms with Crippen molar-refractivity contribution in [2.75, 3.05) is 0 Å². The summed E-state index contributed by atoms with van der Waals surface area (Å²) >= 11 is 0. The Morgan fingerprint density at radius 3 is 2.46 bits per heavy atom. The number of halogens is 5. The lowest BCUT2D eigenvalue weighted by molar-refractivity contribution is -0.468. The average molecular weight is 352 g/mol. The van der Waals surface area contributed by atoms with Crippen molar-refractivity contribution in [2.45, 2.75) is 38.5 Å². The molecule has 132 valence electrons. The Labute approximate surface area is 133 Å². The predicted molar refractivity (Wildman–Crippen MR) is 72.1 cm³/mol. The van der Waals surface area contributed by atoms with E-state index in [9.17, 15) is 31.9 Å². The third-order valence-corrected chi connectivity index (χ3v) is 3.29. The number of alkyl halides is 5. The highest BCUT2D eigenvalue weighted by Gasteiger charge is 2.66. The second-order valence-corrected chi connectivity index (χ2v) is 5.38. The number of carbonyl (C=O) groups is 1. The van der Waals surface area contributed by atoms with Crippen molar-refractivity contribution in [1.29, 1.82) is 0 Å². The lowest BCUT2D eigenvalue weighted by Crippen LogP contribution is -2.61. The molecule has 0 bridgehead atoms. The van der Waals surface area contributed by atoms with Crippen molar-refractivity contribution in [2.24, 2.45) is 5.10 Å². The number of amides is 1. The van der Waals surface area contributed by atoms with E-state index in [0.717, 1.165) is 0 Å². The average Bonchev–Trinajstić information content (AvgIpc) is 2.72. The van der Waals surface area contributed by atoms with Gasteiger partial charge in [0.15, 0.2) is 0 Å². The van der Waals surface area contributed by atoms with Crippen LogP contribution < -0.4 is 0 Å². The van der Waals surface area contributed by atoms with E-state index in [1.807, 2.05) is 0 Å². The summed E-state index contributed by atoms with van der Waals surface area (Å²) in [5.74, 6) is -1.18. The second-order valence-electron chi connectivity index (χ2n) is 5.38. The molecule has 0 aromatic heterocycles. The SMILES string of the molecule is CC1=NN(C(=O)c2cccc(C)c2)[C@](O)(C(F)(F)OC(F)(F)F)C1. The fourth-order valence-electron chi connectivity index (χ4n) is 2.29. The lowest BCUT2D eigenvalue weighted by atomic mass is 10.0. The second kappa shape index (κ2) is 5.78. The first-order valence-electron chi connectivity index (χ1n) is 6.68. The van der Waals surface area contributed by atoms with Gasteiger partial charge in [0, 0.05) is 17.7 Å². The molecule has 0 fully saturated rings. The summed E-state index contributed by atoms with van der Waals surface area (Å²) in [6, 6.07) is 5.68.